The van der Waals surface area contributed by atoms with Crippen molar-refractivity contribution in [3.63, 3.8) is 0 Å². The highest BCUT2D eigenvalue weighted by molar-refractivity contribution is 14.1. The molecule has 1 aliphatic heterocycles. The van der Waals surface area contributed by atoms with E-state index in [1.165, 1.54) is 0 Å². The van der Waals surface area contributed by atoms with Crippen molar-refractivity contribution in [3.8, 4) is 0 Å². The van der Waals surface area contributed by atoms with Crippen LogP contribution in [0.4, 0.5) is 0 Å². The van der Waals surface area contributed by atoms with Crippen LogP contribution in [0.15, 0.2) is 0 Å². The molecule has 0 bridgehead atoms. The first-order valence-electron chi connectivity index (χ1n) is 9.40. The molecule has 1 rings (SSSR count). The lowest BCUT2D eigenvalue weighted by Gasteiger charge is -2.64. The summed E-state index contributed by atoms with van der Waals surface area (Å²) < 4.78 is 1.57. The molecule has 0 radical (unpaired) electrons. The van der Waals surface area contributed by atoms with Crippen molar-refractivity contribution in [2.45, 2.75) is 107 Å². The molecule has 0 saturated carbocycles. The fourth-order valence-electron chi connectivity index (χ4n) is 7.78. The second kappa shape index (κ2) is 5.91. The number of halogens is 1. The molecule has 0 spiro atoms. The van der Waals surface area contributed by atoms with E-state index in [-0.39, 0.29) is 0 Å². The fraction of sp³-hybridized carbons (Fsp3) is 1.00. The van der Waals surface area contributed by atoms with E-state index in [1.54, 1.807) is 12.8 Å². The monoisotopic (exact) mass is 514 g/mol. The molecular formula is C17H43ISi5. The predicted molar refractivity (Wildman–Crippen MR) is 134 cm³/mol. The Morgan fingerprint density at radius 2 is 0.739 bits per heavy atom. The van der Waals surface area contributed by atoms with Gasteiger partial charge in [-0.25, -0.2) is 0 Å². The molecule has 0 amide bonds. The Hall–Kier alpha value is 1.81. The van der Waals surface area contributed by atoms with Crippen molar-refractivity contribution >= 4 is 59.7 Å². The molecule has 0 atom stereocenters. The van der Waals surface area contributed by atoms with Gasteiger partial charge < -0.3 is 0 Å². The minimum atomic E-state index is -1.42. The molecule has 0 unspecified atom stereocenters. The third-order valence-electron chi connectivity index (χ3n) is 7.60. The highest BCUT2D eigenvalue weighted by atomic mass is 127. The average molecular weight is 515 g/mol. The molecular weight excluding hydrogens is 472 g/mol. The predicted octanol–water partition coefficient (Wildman–Crippen LogP) is 7.78. The van der Waals surface area contributed by atoms with E-state index >= 15 is 0 Å². The minimum Gasteiger partial charge on any atom is -0.119 e. The van der Waals surface area contributed by atoms with Crippen molar-refractivity contribution in [2.24, 2.45) is 0 Å². The maximum atomic E-state index is 3.17. The molecule has 1 saturated heterocycles. The van der Waals surface area contributed by atoms with Crippen molar-refractivity contribution in [1.29, 1.82) is 0 Å². The van der Waals surface area contributed by atoms with Gasteiger partial charge in [0.1, 0.15) is 5.57 Å². The van der Waals surface area contributed by atoms with Crippen molar-refractivity contribution in [2.75, 3.05) is 0 Å². The van der Waals surface area contributed by atoms with Crippen LogP contribution in [0, 0.1) is 0 Å². The largest absolute Gasteiger partial charge is 0.124 e. The Kier molecular flexibility index (Phi) is 5.87. The molecule has 23 heavy (non-hydrogen) atoms. The lowest BCUT2D eigenvalue weighted by Crippen LogP contribution is -2.72. The standard InChI is InChI=1S/C17H43ISi5/c1-19(2,3)16(20(4,5)6)14-15-17(21(7,8)9,22(10,11)12)23(16,13)18/h14-15H2,1-13H3. The zero-order valence-electron chi connectivity index (χ0n) is 18.3. The quantitative estimate of drug-likeness (QED) is 0.204. The van der Waals surface area contributed by atoms with Crippen LogP contribution in [-0.4, -0.2) is 37.9 Å². The summed E-state index contributed by atoms with van der Waals surface area (Å²) in [5.74, 6) is 0. The maximum absolute atomic E-state index is 3.17. The molecule has 1 fully saturated rings. The molecule has 0 aromatic rings. The maximum Gasteiger partial charge on any atom is 0.124 e. The van der Waals surface area contributed by atoms with Gasteiger partial charge in [0.05, 0.1) is 0 Å². The van der Waals surface area contributed by atoms with Gasteiger partial charge in [-0.1, -0.05) is 98.0 Å². The first-order valence-corrected chi connectivity index (χ1v) is 29.0. The first-order chi connectivity index (χ1) is 9.71. The van der Waals surface area contributed by atoms with Gasteiger partial charge in [-0.3, -0.25) is 0 Å². The fourth-order valence-corrected chi connectivity index (χ4v) is 88.5. The van der Waals surface area contributed by atoms with Crippen LogP contribution in [0.5, 0.6) is 0 Å². The SMILES string of the molecule is C[Si](C)(C)C1([Si](C)(C)C)CCC([Si](C)(C)C)([Si](C)(C)C)[Si]1(C)I. The lowest BCUT2D eigenvalue weighted by atomic mass is 10.4. The molecule has 138 valence electrons. The minimum absolute atomic E-state index is 0.786. The second-order valence-corrected chi connectivity index (χ2v) is 46.9. The topological polar surface area (TPSA) is 0 Å². The molecule has 6 heteroatoms. The third-order valence-corrected chi connectivity index (χ3v) is 58.2. The van der Waals surface area contributed by atoms with E-state index in [1.807, 2.05) is 0 Å². The molecule has 0 N–H and O–H groups in total. The third kappa shape index (κ3) is 2.87. The van der Waals surface area contributed by atoms with Crippen LogP contribution in [0.1, 0.15) is 12.8 Å². The van der Waals surface area contributed by atoms with Crippen LogP contribution >= 0.6 is 21.8 Å². The Morgan fingerprint density at radius 1 is 0.565 bits per heavy atom. The molecule has 1 aliphatic rings. The Bertz CT molecular complexity index is 387. The van der Waals surface area contributed by atoms with E-state index in [0.717, 1.165) is 8.57 Å². The van der Waals surface area contributed by atoms with Gasteiger partial charge in [0.15, 0.2) is 0 Å². The summed E-state index contributed by atoms with van der Waals surface area (Å²) in [6, 6.07) is 0. The summed E-state index contributed by atoms with van der Waals surface area (Å²) in [6.45, 7) is 35.5. The van der Waals surface area contributed by atoms with Gasteiger partial charge in [0.2, 0.25) is 0 Å². The Balaban J connectivity index is 3.88. The summed E-state index contributed by atoms with van der Waals surface area (Å²) in [7, 11) is -4.93. The van der Waals surface area contributed by atoms with E-state index in [9.17, 15) is 0 Å². The van der Waals surface area contributed by atoms with Crippen LogP contribution in [0.3, 0.4) is 0 Å². The highest BCUT2D eigenvalue weighted by Gasteiger charge is 2.77. The van der Waals surface area contributed by atoms with Crippen LogP contribution in [0.2, 0.25) is 93.7 Å². The van der Waals surface area contributed by atoms with Crippen LogP contribution in [0.25, 0.3) is 0 Å². The Morgan fingerprint density at radius 3 is 0.826 bits per heavy atom. The van der Waals surface area contributed by atoms with Gasteiger partial charge in [0, 0.05) is 32.3 Å². The summed E-state index contributed by atoms with van der Waals surface area (Å²) in [4.78, 5) is 0. The summed E-state index contributed by atoms with van der Waals surface area (Å²) in [6.07, 6.45) is 3.16. The van der Waals surface area contributed by atoms with Gasteiger partial charge >= 0.3 is 0 Å². The smallest absolute Gasteiger partial charge is 0.119 e. The van der Waals surface area contributed by atoms with Crippen molar-refractivity contribution in [3.05, 3.63) is 0 Å². The molecule has 0 aromatic carbocycles. The normalized spacial score (nSPS) is 24.8. The van der Waals surface area contributed by atoms with E-state index in [4.69, 9.17) is 0 Å². The zero-order valence-corrected chi connectivity index (χ0v) is 25.4. The molecule has 0 aromatic heterocycles. The van der Waals surface area contributed by atoms with E-state index in [2.05, 4.69) is 107 Å². The number of hydrogen-bond donors (Lipinski definition) is 0. The van der Waals surface area contributed by atoms with Gasteiger partial charge in [0.25, 0.3) is 0 Å². The lowest BCUT2D eigenvalue weighted by molar-refractivity contribution is 0.763. The summed E-state index contributed by atoms with van der Waals surface area (Å²) >= 11 is 3.17. The van der Waals surface area contributed by atoms with Crippen molar-refractivity contribution in [1.82, 2.24) is 0 Å². The molecule has 1 heterocycles. The van der Waals surface area contributed by atoms with Crippen LogP contribution < -0.4 is 0 Å². The first kappa shape index (κ1) is 22.9. The highest BCUT2D eigenvalue weighted by Crippen LogP contribution is 2.77. The summed E-state index contributed by atoms with van der Waals surface area (Å²) in [5, 5.41) is 0. The van der Waals surface area contributed by atoms with E-state index in [0.29, 0.717) is 0 Å². The molecule has 0 aliphatic carbocycles. The number of hydrogen-bond acceptors (Lipinski definition) is 0. The van der Waals surface area contributed by atoms with E-state index < -0.39 is 37.9 Å². The van der Waals surface area contributed by atoms with Gasteiger partial charge in [-0.15, -0.1) is 21.8 Å². The van der Waals surface area contributed by atoms with Crippen molar-refractivity contribution < 1.29 is 0 Å². The van der Waals surface area contributed by atoms with Crippen LogP contribution in [-0.2, 0) is 0 Å². The number of rotatable bonds is 4. The Labute approximate surface area is 165 Å². The summed E-state index contributed by atoms with van der Waals surface area (Å²) in [5.41, 5.74) is -1.42. The van der Waals surface area contributed by atoms with Gasteiger partial charge in [-0.05, 0) is 8.57 Å². The zero-order chi connectivity index (χ0) is 18.9. The average Bonchev–Trinajstić information content (AvgIpc) is 2.42. The second-order valence-electron chi connectivity index (χ2n) is 12.3. The molecule has 0 nitrogen and oxygen atoms in total. The van der Waals surface area contributed by atoms with Gasteiger partial charge in [-0.2, -0.15) is 0 Å².